The highest BCUT2D eigenvalue weighted by Crippen LogP contribution is 2.11. The van der Waals surface area contributed by atoms with Crippen molar-refractivity contribution in [3.05, 3.63) is 65.7 Å². The van der Waals surface area contributed by atoms with Gasteiger partial charge in [-0.25, -0.2) is 0 Å². The second-order valence-electron chi connectivity index (χ2n) is 6.01. The van der Waals surface area contributed by atoms with Gasteiger partial charge in [0.2, 0.25) is 5.91 Å². The number of carbonyl (C=O) groups is 3. The molecular formula is C21H24N2O5. The highest BCUT2D eigenvalue weighted by atomic mass is 16.6. The van der Waals surface area contributed by atoms with E-state index in [1.165, 1.54) is 7.11 Å². The number of rotatable bonds is 10. The molecule has 0 fully saturated rings. The molecule has 2 N–H and O–H groups in total. The number of hydrogen-bond acceptors (Lipinski definition) is 5. The molecule has 7 nitrogen and oxygen atoms in total. The lowest BCUT2D eigenvalue weighted by Gasteiger charge is -2.08. The monoisotopic (exact) mass is 384 g/mol. The Balaban J connectivity index is 1.74. The van der Waals surface area contributed by atoms with E-state index in [1.54, 1.807) is 24.3 Å². The molecule has 2 rings (SSSR count). The molecule has 2 amide bonds. The van der Waals surface area contributed by atoms with Gasteiger partial charge >= 0.3 is 5.97 Å². The van der Waals surface area contributed by atoms with Crippen LogP contribution in [0.1, 0.15) is 28.8 Å². The molecule has 7 heteroatoms. The van der Waals surface area contributed by atoms with E-state index in [4.69, 9.17) is 9.47 Å². The predicted molar refractivity (Wildman–Crippen MR) is 105 cm³/mol. The van der Waals surface area contributed by atoms with Crippen LogP contribution >= 0.6 is 0 Å². The topological polar surface area (TPSA) is 93.7 Å². The number of ether oxygens (including phenoxy) is 2. The lowest BCUT2D eigenvalue weighted by atomic mass is 10.1. The number of nitrogens with one attached hydrogen (secondary N) is 2. The normalized spacial score (nSPS) is 10.2. The van der Waals surface area contributed by atoms with Crippen molar-refractivity contribution in [3.8, 4) is 0 Å². The van der Waals surface area contributed by atoms with Crippen molar-refractivity contribution >= 4 is 23.5 Å². The number of anilines is 1. The summed E-state index contributed by atoms with van der Waals surface area (Å²) in [5.74, 6) is -0.942. The first-order valence-corrected chi connectivity index (χ1v) is 8.95. The molecule has 0 saturated heterocycles. The van der Waals surface area contributed by atoms with Crippen LogP contribution in [0.4, 0.5) is 5.69 Å². The fraction of sp³-hybridized carbons (Fsp3) is 0.286. The molecule has 0 atom stereocenters. The van der Waals surface area contributed by atoms with Crippen molar-refractivity contribution in [2.24, 2.45) is 0 Å². The molecule has 0 saturated carbocycles. The van der Waals surface area contributed by atoms with Crippen LogP contribution in [-0.2, 0) is 25.6 Å². The molecule has 0 unspecified atom stereocenters. The Morgan fingerprint density at radius 2 is 1.61 bits per heavy atom. The maximum absolute atomic E-state index is 12.2. The summed E-state index contributed by atoms with van der Waals surface area (Å²) in [5.41, 5.74) is 2.06. The number of amides is 2. The standard InChI is InChI=1S/C21H24N2O5/c1-27-13-14-28-20(25)12-11-19(24)23-18-9-7-17(8-10-18)21(26)22-15-16-5-3-2-4-6-16/h2-10H,11-15H2,1H3,(H,22,26)(H,23,24). The number of esters is 1. The summed E-state index contributed by atoms with van der Waals surface area (Å²) in [6.07, 6.45) is 0.0145. The van der Waals surface area contributed by atoms with Crippen LogP contribution in [0.15, 0.2) is 54.6 Å². The summed E-state index contributed by atoms with van der Waals surface area (Å²) in [6, 6.07) is 16.2. The molecule has 0 aromatic heterocycles. The van der Waals surface area contributed by atoms with E-state index in [9.17, 15) is 14.4 Å². The van der Waals surface area contributed by atoms with Gasteiger partial charge in [0, 0.05) is 31.3 Å². The fourth-order valence-corrected chi connectivity index (χ4v) is 2.34. The third-order valence-corrected chi connectivity index (χ3v) is 3.83. The second-order valence-corrected chi connectivity index (χ2v) is 6.01. The Bertz CT molecular complexity index is 775. The van der Waals surface area contributed by atoms with E-state index < -0.39 is 5.97 Å². The average Bonchev–Trinajstić information content (AvgIpc) is 2.72. The van der Waals surface area contributed by atoms with Crippen LogP contribution in [0, 0.1) is 0 Å². The molecule has 0 aliphatic carbocycles. The number of benzene rings is 2. The molecule has 148 valence electrons. The first-order chi connectivity index (χ1) is 13.6. The predicted octanol–water partition coefficient (Wildman–Crippen LogP) is 2.52. The van der Waals surface area contributed by atoms with Crippen molar-refractivity contribution in [1.82, 2.24) is 5.32 Å². The van der Waals surface area contributed by atoms with Gasteiger partial charge in [0.25, 0.3) is 5.91 Å². The van der Waals surface area contributed by atoms with E-state index in [1.807, 2.05) is 30.3 Å². The van der Waals surface area contributed by atoms with Crippen molar-refractivity contribution in [2.75, 3.05) is 25.6 Å². The number of carbonyl (C=O) groups excluding carboxylic acids is 3. The van der Waals surface area contributed by atoms with E-state index in [-0.39, 0.29) is 31.3 Å². The molecule has 0 spiro atoms. The molecular weight excluding hydrogens is 360 g/mol. The van der Waals surface area contributed by atoms with Crippen LogP contribution in [0.5, 0.6) is 0 Å². The SMILES string of the molecule is COCCOC(=O)CCC(=O)Nc1ccc(C(=O)NCc2ccccc2)cc1. The van der Waals surface area contributed by atoms with E-state index >= 15 is 0 Å². The number of methoxy groups -OCH3 is 1. The van der Waals surface area contributed by atoms with Gasteiger partial charge < -0.3 is 20.1 Å². The van der Waals surface area contributed by atoms with Crippen LogP contribution in [0.2, 0.25) is 0 Å². The van der Waals surface area contributed by atoms with Gasteiger partial charge in [0.15, 0.2) is 0 Å². The van der Waals surface area contributed by atoms with Gasteiger partial charge in [-0.05, 0) is 29.8 Å². The summed E-state index contributed by atoms with van der Waals surface area (Å²) in [6.45, 7) is 0.937. The lowest BCUT2D eigenvalue weighted by molar-refractivity contribution is -0.145. The van der Waals surface area contributed by atoms with Crippen LogP contribution in [-0.4, -0.2) is 38.1 Å². The molecule has 0 heterocycles. The van der Waals surface area contributed by atoms with Crippen molar-refractivity contribution in [3.63, 3.8) is 0 Å². The minimum atomic E-state index is -0.447. The van der Waals surface area contributed by atoms with Crippen LogP contribution in [0.25, 0.3) is 0 Å². The summed E-state index contributed by atoms with van der Waals surface area (Å²) in [5, 5.41) is 5.53. The summed E-state index contributed by atoms with van der Waals surface area (Å²) in [4.78, 5) is 35.5. The second kappa shape index (κ2) is 11.5. The zero-order valence-electron chi connectivity index (χ0n) is 15.8. The maximum Gasteiger partial charge on any atom is 0.306 e. The third kappa shape index (κ3) is 7.59. The molecule has 0 aliphatic rings. The first-order valence-electron chi connectivity index (χ1n) is 8.95. The first kappa shape index (κ1) is 21.1. The lowest BCUT2D eigenvalue weighted by Crippen LogP contribution is -2.22. The molecule has 0 aliphatic heterocycles. The fourth-order valence-electron chi connectivity index (χ4n) is 2.34. The van der Waals surface area contributed by atoms with Crippen LogP contribution in [0.3, 0.4) is 0 Å². The highest BCUT2D eigenvalue weighted by molar-refractivity contribution is 5.96. The van der Waals surface area contributed by atoms with Crippen LogP contribution < -0.4 is 10.6 Å². The Labute approximate surface area is 164 Å². The minimum Gasteiger partial charge on any atom is -0.463 e. The average molecular weight is 384 g/mol. The molecule has 2 aromatic rings. The number of hydrogen-bond donors (Lipinski definition) is 2. The summed E-state index contributed by atoms with van der Waals surface area (Å²) in [7, 11) is 1.51. The van der Waals surface area contributed by atoms with Gasteiger partial charge in [-0.1, -0.05) is 30.3 Å². The zero-order chi connectivity index (χ0) is 20.2. The van der Waals surface area contributed by atoms with Crippen molar-refractivity contribution in [2.45, 2.75) is 19.4 Å². The Morgan fingerprint density at radius 1 is 0.893 bits per heavy atom. The van der Waals surface area contributed by atoms with Gasteiger partial charge in [0.05, 0.1) is 13.0 Å². The minimum absolute atomic E-state index is 0.00444. The Kier molecular flexibility index (Phi) is 8.68. The molecule has 0 bridgehead atoms. The maximum atomic E-state index is 12.2. The van der Waals surface area contributed by atoms with E-state index in [2.05, 4.69) is 10.6 Å². The molecule has 28 heavy (non-hydrogen) atoms. The largest absolute Gasteiger partial charge is 0.463 e. The van der Waals surface area contributed by atoms with E-state index in [0.717, 1.165) is 5.56 Å². The van der Waals surface area contributed by atoms with Crippen molar-refractivity contribution < 1.29 is 23.9 Å². The van der Waals surface area contributed by atoms with E-state index in [0.29, 0.717) is 24.4 Å². The summed E-state index contributed by atoms with van der Waals surface area (Å²) < 4.78 is 9.67. The van der Waals surface area contributed by atoms with Crippen molar-refractivity contribution in [1.29, 1.82) is 0 Å². The third-order valence-electron chi connectivity index (χ3n) is 3.83. The quantitative estimate of drug-likeness (QED) is 0.485. The molecule has 2 aromatic carbocycles. The van der Waals surface area contributed by atoms with Gasteiger partial charge in [-0.3, -0.25) is 14.4 Å². The smallest absolute Gasteiger partial charge is 0.306 e. The summed E-state index contributed by atoms with van der Waals surface area (Å²) >= 11 is 0. The Morgan fingerprint density at radius 3 is 2.29 bits per heavy atom. The van der Waals surface area contributed by atoms with Gasteiger partial charge in [-0.2, -0.15) is 0 Å². The molecule has 0 radical (unpaired) electrons. The zero-order valence-corrected chi connectivity index (χ0v) is 15.8. The van der Waals surface area contributed by atoms with Gasteiger partial charge in [-0.15, -0.1) is 0 Å². The van der Waals surface area contributed by atoms with Gasteiger partial charge in [0.1, 0.15) is 6.61 Å². The Hall–Kier alpha value is -3.19. The highest BCUT2D eigenvalue weighted by Gasteiger charge is 2.09.